The summed E-state index contributed by atoms with van der Waals surface area (Å²) in [7, 11) is -6.00. The van der Waals surface area contributed by atoms with E-state index in [1.807, 2.05) is 12.1 Å². The van der Waals surface area contributed by atoms with Crippen LogP contribution in [-0.2, 0) is 18.2 Å². The van der Waals surface area contributed by atoms with Gasteiger partial charge in [-0.05, 0) is 42.7 Å². The lowest BCUT2D eigenvalue weighted by Gasteiger charge is -1.97. The first kappa shape index (κ1) is 18.4. The summed E-state index contributed by atoms with van der Waals surface area (Å²) in [4.78, 5) is 1.27. The van der Waals surface area contributed by atoms with Crippen molar-refractivity contribution in [1.29, 1.82) is 0 Å². The van der Waals surface area contributed by atoms with Crippen LogP contribution in [0.2, 0.25) is 0 Å². The number of hydrogen-bond donors (Lipinski definition) is 1. The number of aryl methyl sites for hydroxylation is 1. The molecular weight excluding hydrogens is 315 g/mol. The van der Waals surface area contributed by atoms with Crippen molar-refractivity contribution >= 4 is 19.0 Å². The van der Waals surface area contributed by atoms with Crippen LogP contribution in [0.4, 0.5) is 17.3 Å². The predicted octanol–water partition coefficient (Wildman–Crippen LogP) is 4.50. The van der Waals surface area contributed by atoms with Crippen LogP contribution in [0.5, 0.6) is 5.75 Å². The Bertz CT molecular complexity index is 525. The molecule has 0 saturated heterocycles. The molecule has 0 heterocycles. The van der Waals surface area contributed by atoms with E-state index in [4.69, 9.17) is 0 Å². The van der Waals surface area contributed by atoms with Crippen LogP contribution in [-0.4, -0.2) is 18.1 Å². The van der Waals surface area contributed by atoms with E-state index in [0.717, 1.165) is 6.42 Å². The van der Waals surface area contributed by atoms with Gasteiger partial charge in [-0.3, -0.25) is 0 Å². The van der Waals surface area contributed by atoms with Crippen LogP contribution in [0, 0.1) is 0 Å². The smallest absolute Gasteiger partial charge is 0.508 e. The number of phenolic OH excluding ortho intramolecular Hbond substituents is 1. The van der Waals surface area contributed by atoms with Gasteiger partial charge < -0.3 is 22.4 Å². The Morgan fingerprint density at radius 3 is 1.95 bits per heavy atom. The monoisotopic (exact) mass is 332 g/mol. The topological polar surface area (TPSA) is 20.2 Å². The number of rotatable bonds is 5. The number of thiol groups is 1. The molecule has 0 radical (unpaired) electrons. The Balaban J connectivity index is 0.000000422. The minimum atomic E-state index is -6.00. The average molecular weight is 332 g/mol. The van der Waals surface area contributed by atoms with E-state index >= 15 is 0 Å². The molecule has 0 amide bonds. The molecule has 1 nitrogen and oxygen atoms in total. The molecule has 2 aromatic carbocycles. The lowest BCUT2D eigenvalue weighted by Crippen LogP contribution is -2.02. The minimum Gasteiger partial charge on any atom is -0.508 e. The van der Waals surface area contributed by atoms with E-state index in [0.29, 0.717) is 5.75 Å². The lowest BCUT2D eigenvalue weighted by molar-refractivity contribution is 0.368. The van der Waals surface area contributed by atoms with Gasteiger partial charge >= 0.3 is 7.25 Å². The molecule has 0 aliphatic heterocycles. The van der Waals surface area contributed by atoms with E-state index in [9.17, 15) is 22.4 Å². The van der Waals surface area contributed by atoms with Gasteiger partial charge in [0, 0.05) is 11.8 Å². The van der Waals surface area contributed by atoms with Gasteiger partial charge in [0.2, 0.25) is 0 Å². The van der Waals surface area contributed by atoms with Crippen LogP contribution in [0.15, 0.2) is 59.5 Å². The molecule has 120 valence electrons. The summed E-state index contributed by atoms with van der Waals surface area (Å²) in [6.45, 7) is 0. The molecule has 22 heavy (non-hydrogen) atoms. The summed E-state index contributed by atoms with van der Waals surface area (Å²) in [6, 6.07) is 18.1. The Morgan fingerprint density at radius 2 is 1.41 bits per heavy atom. The van der Waals surface area contributed by atoms with Gasteiger partial charge in [-0.2, -0.15) is 0 Å². The van der Waals surface area contributed by atoms with E-state index in [2.05, 4.69) is 30.3 Å². The second kappa shape index (κ2) is 9.40. The molecule has 2 rings (SSSR count). The van der Waals surface area contributed by atoms with Gasteiger partial charge in [-0.15, -0.1) is 0 Å². The Hall–Kier alpha value is -1.63. The predicted molar refractivity (Wildman–Crippen MR) is 84.9 cm³/mol. The van der Waals surface area contributed by atoms with Crippen LogP contribution in [0.3, 0.4) is 0 Å². The van der Waals surface area contributed by atoms with Gasteiger partial charge in [0.05, 0.1) is 0 Å². The van der Waals surface area contributed by atoms with Crippen molar-refractivity contribution in [3.63, 3.8) is 0 Å². The Morgan fingerprint density at radius 1 is 0.864 bits per heavy atom. The van der Waals surface area contributed by atoms with Gasteiger partial charge in [0.15, 0.2) is 4.90 Å². The molecule has 0 spiro atoms. The summed E-state index contributed by atoms with van der Waals surface area (Å²) in [6.07, 6.45) is 2.35. The highest BCUT2D eigenvalue weighted by atomic mass is 32.2. The zero-order valence-electron chi connectivity index (χ0n) is 11.8. The third-order valence-corrected chi connectivity index (χ3v) is 3.81. The first-order chi connectivity index (χ1) is 10.3. The molecule has 7 heteroatoms. The fourth-order valence-corrected chi connectivity index (χ4v) is 2.63. The van der Waals surface area contributed by atoms with Gasteiger partial charge in [0.1, 0.15) is 11.5 Å². The zero-order chi connectivity index (χ0) is 16.4. The van der Waals surface area contributed by atoms with E-state index in [-0.39, 0.29) is 0 Å². The molecule has 0 aliphatic rings. The molecule has 2 aromatic rings. The molecule has 0 aromatic heterocycles. The first-order valence-corrected chi connectivity index (χ1v) is 7.80. The highest BCUT2D eigenvalue weighted by molar-refractivity contribution is 7.78. The largest absolute Gasteiger partial charge is 0.673 e. The zero-order valence-corrected chi connectivity index (χ0v) is 12.7. The number of benzene rings is 2. The summed E-state index contributed by atoms with van der Waals surface area (Å²) in [5.74, 6) is 1.51. The molecule has 0 unspecified atom stereocenters. The second-order valence-corrected chi connectivity index (χ2v) is 5.76. The van der Waals surface area contributed by atoms with E-state index < -0.39 is 7.25 Å². The van der Waals surface area contributed by atoms with E-state index in [1.54, 1.807) is 12.1 Å². The SMILES string of the molecule is F[B-](F)(F)F.Oc1ccc([SH+]CCCc2ccccc2)cc1. The summed E-state index contributed by atoms with van der Waals surface area (Å²) in [5, 5.41) is 9.17. The average Bonchev–Trinajstić information content (AvgIpc) is 2.45. The van der Waals surface area contributed by atoms with Crippen LogP contribution in [0.25, 0.3) is 0 Å². The van der Waals surface area contributed by atoms with Crippen molar-refractivity contribution in [2.24, 2.45) is 0 Å². The summed E-state index contributed by atoms with van der Waals surface area (Å²) < 4.78 is 39.0. The molecule has 0 bridgehead atoms. The van der Waals surface area contributed by atoms with E-state index in [1.165, 1.54) is 34.4 Å². The third-order valence-electron chi connectivity index (χ3n) is 2.61. The molecular formula is C15H17BF4OS. The third kappa shape index (κ3) is 10.2. The highest BCUT2D eigenvalue weighted by Gasteiger charge is 2.20. The maximum Gasteiger partial charge on any atom is 0.673 e. The number of phenols is 1. The number of hydrogen-bond acceptors (Lipinski definition) is 1. The van der Waals surface area contributed by atoms with Crippen molar-refractivity contribution in [3.8, 4) is 5.75 Å². The van der Waals surface area contributed by atoms with Crippen molar-refractivity contribution in [2.45, 2.75) is 17.7 Å². The Labute approximate surface area is 131 Å². The fraction of sp³-hybridized carbons (Fsp3) is 0.200. The maximum absolute atomic E-state index is 9.75. The molecule has 0 fully saturated rings. The Kier molecular flexibility index (Phi) is 7.88. The van der Waals surface area contributed by atoms with Crippen molar-refractivity contribution in [2.75, 3.05) is 5.75 Å². The van der Waals surface area contributed by atoms with Crippen molar-refractivity contribution in [3.05, 3.63) is 60.2 Å². The minimum absolute atomic E-state index is 0.341. The normalized spacial score (nSPS) is 10.7. The fourth-order valence-electron chi connectivity index (χ4n) is 1.69. The lowest BCUT2D eigenvalue weighted by atomic mass is 10.1. The molecule has 0 aliphatic carbocycles. The summed E-state index contributed by atoms with van der Waals surface area (Å²) in [5.41, 5.74) is 1.41. The molecule has 1 N–H and O–H groups in total. The first-order valence-electron chi connectivity index (χ1n) is 6.72. The standard InChI is InChI=1S/C15H16OS.BF4/c16-14-8-10-15(11-9-14)17-12-4-7-13-5-2-1-3-6-13;2-1(3,4)5/h1-3,5-6,8-11,16H,4,7,12H2;/q;-1/p+1. The van der Waals surface area contributed by atoms with Crippen LogP contribution < -0.4 is 0 Å². The second-order valence-electron chi connectivity index (χ2n) is 4.48. The van der Waals surface area contributed by atoms with Crippen molar-refractivity contribution < 1.29 is 22.4 Å². The highest BCUT2D eigenvalue weighted by Crippen LogP contribution is 2.12. The van der Waals surface area contributed by atoms with Gasteiger partial charge in [0.25, 0.3) is 0 Å². The van der Waals surface area contributed by atoms with Gasteiger partial charge in [-0.1, -0.05) is 30.3 Å². The molecule has 0 atom stereocenters. The van der Waals surface area contributed by atoms with Crippen molar-refractivity contribution in [1.82, 2.24) is 0 Å². The summed E-state index contributed by atoms with van der Waals surface area (Å²) >= 11 is 1.34. The maximum atomic E-state index is 9.75. The number of halogens is 4. The molecule has 0 saturated carbocycles. The van der Waals surface area contributed by atoms with Crippen LogP contribution in [0.1, 0.15) is 12.0 Å². The number of aromatic hydroxyl groups is 1. The van der Waals surface area contributed by atoms with Gasteiger partial charge in [-0.25, -0.2) is 0 Å². The quantitative estimate of drug-likeness (QED) is 0.281. The van der Waals surface area contributed by atoms with Crippen LogP contribution >= 0.6 is 0 Å².